The van der Waals surface area contributed by atoms with Crippen molar-refractivity contribution in [1.82, 2.24) is 15.5 Å². The highest BCUT2D eigenvalue weighted by Gasteiger charge is 2.16. The van der Waals surface area contributed by atoms with Crippen molar-refractivity contribution in [2.24, 2.45) is 0 Å². The van der Waals surface area contributed by atoms with Crippen LogP contribution in [0.2, 0.25) is 0 Å². The summed E-state index contributed by atoms with van der Waals surface area (Å²) in [4.78, 5) is 16.6. The molecule has 3 rings (SSSR count). The van der Waals surface area contributed by atoms with Gasteiger partial charge in [0.1, 0.15) is 0 Å². The van der Waals surface area contributed by atoms with E-state index >= 15 is 0 Å². The van der Waals surface area contributed by atoms with Crippen LogP contribution in [0.25, 0.3) is 11.4 Å². The van der Waals surface area contributed by atoms with Crippen molar-refractivity contribution in [3.05, 3.63) is 71.6 Å². The Morgan fingerprint density at radius 1 is 1.12 bits per heavy atom. The van der Waals surface area contributed by atoms with Gasteiger partial charge in [-0.3, -0.25) is 4.79 Å². The lowest BCUT2D eigenvalue weighted by Crippen LogP contribution is -2.27. The van der Waals surface area contributed by atoms with Gasteiger partial charge in [-0.25, -0.2) is 0 Å². The van der Waals surface area contributed by atoms with Crippen LogP contribution in [0.4, 0.5) is 0 Å². The van der Waals surface area contributed by atoms with Crippen molar-refractivity contribution in [2.45, 2.75) is 26.3 Å². The predicted octanol–water partition coefficient (Wildman–Crippen LogP) is 3.46. The van der Waals surface area contributed by atoms with Crippen LogP contribution < -0.4 is 5.32 Å². The normalized spacial score (nSPS) is 11.9. The van der Waals surface area contributed by atoms with Gasteiger partial charge in [0.15, 0.2) is 0 Å². The Balaban J connectivity index is 1.61. The van der Waals surface area contributed by atoms with E-state index in [-0.39, 0.29) is 18.4 Å². The quantitative estimate of drug-likeness (QED) is 0.781. The van der Waals surface area contributed by atoms with Crippen molar-refractivity contribution < 1.29 is 9.32 Å². The van der Waals surface area contributed by atoms with Gasteiger partial charge in [-0.1, -0.05) is 65.3 Å². The fourth-order valence-corrected chi connectivity index (χ4v) is 2.36. The zero-order valence-corrected chi connectivity index (χ0v) is 13.7. The Bertz CT molecular complexity index is 810. The smallest absolute Gasteiger partial charge is 0.246 e. The van der Waals surface area contributed by atoms with Crippen molar-refractivity contribution in [1.29, 1.82) is 0 Å². The number of carbonyl (C=O) groups excluding carboxylic acids is 1. The van der Waals surface area contributed by atoms with Gasteiger partial charge in [0.2, 0.25) is 17.6 Å². The molecule has 0 spiro atoms. The van der Waals surface area contributed by atoms with E-state index in [1.165, 1.54) is 5.56 Å². The number of nitrogens with one attached hydrogen (secondary N) is 1. The van der Waals surface area contributed by atoms with Crippen molar-refractivity contribution in [2.75, 3.05) is 0 Å². The highest BCUT2D eigenvalue weighted by Crippen LogP contribution is 2.17. The first-order valence-electron chi connectivity index (χ1n) is 7.86. The lowest BCUT2D eigenvalue weighted by Gasteiger charge is -2.11. The third-order valence-electron chi connectivity index (χ3n) is 3.88. The number of carbonyl (C=O) groups is 1. The number of benzene rings is 2. The van der Waals surface area contributed by atoms with E-state index in [9.17, 15) is 4.79 Å². The van der Waals surface area contributed by atoms with Crippen molar-refractivity contribution >= 4 is 5.91 Å². The topological polar surface area (TPSA) is 68.0 Å². The Morgan fingerprint density at radius 2 is 1.83 bits per heavy atom. The first-order chi connectivity index (χ1) is 11.6. The zero-order chi connectivity index (χ0) is 16.9. The standard InChI is InChI=1S/C19H19N3O2/c1-13-8-10-16(11-9-13)18-21-17(24-22-18)12-20-19(23)14(2)15-6-4-3-5-7-15/h3-11,14H,12H2,1-2H3,(H,20,23). The van der Waals surface area contributed by atoms with Gasteiger partial charge < -0.3 is 9.84 Å². The summed E-state index contributed by atoms with van der Waals surface area (Å²) in [5.41, 5.74) is 3.03. The molecule has 3 aromatic rings. The predicted molar refractivity (Wildman–Crippen MR) is 91.2 cm³/mol. The maximum Gasteiger partial charge on any atom is 0.246 e. The third kappa shape index (κ3) is 3.68. The molecule has 1 amide bonds. The molecule has 5 heteroatoms. The lowest BCUT2D eigenvalue weighted by atomic mass is 10.0. The Hall–Kier alpha value is -2.95. The fourth-order valence-electron chi connectivity index (χ4n) is 2.36. The molecule has 24 heavy (non-hydrogen) atoms. The van der Waals surface area contributed by atoms with E-state index in [1.807, 2.05) is 68.4 Å². The first-order valence-corrected chi connectivity index (χ1v) is 7.86. The van der Waals surface area contributed by atoms with Crippen LogP contribution in [0.1, 0.15) is 29.9 Å². The number of hydrogen-bond donors (Lipinski definition) is 1. The van der Waals surface area contributed by atoms with Gasteiger partial charge >= 0.3 is 0 Å². The number of aromatic nitrogens is 2. The molecule has 0 aliphatic carbocycles. The van der Waals surface area contributed by atoms with Gasteiger partial charge in [0.25, 0.3) is 0 Å². The molecule has 1 N–H and O–H groups in total. The average Bonchev–Trinajstić information content (AvgIpc) is 3.09. The van der Waals surface area contributed by atoms with Gasteiger partial charge in [0, 0.05) is 5.56 Å². The third-order valence-corrected chi connectivity index (χ3v) is 3.88. The molecule has 1 unspecified atom stereocenters. The molecule has 1 aromatic heterocycles. The molecule has 122 valence electrons. The summed E-state index contributed by atoms with van der Waals surface area (Å²) in [7, 11) is 0. The van der Waals surface area contributed by atoms with Crippen LogP contribution >= 0.6 is 0 Å². The van der Waals surface area contributed by atoms with Crippen LogP contribution in [0.15, 0.2) is 59.1 Å². The van der Waals surface area contributed by atoms with Crippen LogP contribution in [-0.2, 0) is 11.3 Å². The second kappa shape index (κ2) is 7.08. The molecule has 0 aliphatic rings. The lowest BCUT2D eigenvalue weighted by molar-refractivity contribution is -0.122. The zero-order valence-electron chi connectivity index (χ0n) is 13.7. The average molecular weight is 321 g/mol. The summed E-state index contributed by atoms with van der Waals surface area (Å²) in [6.07, 6.45) is 0. The minimum Gasteiger partial charge on any atom is -0.346 e. The Kier molecular flexibility index (Phi) is 4.70. The highest BCUT2D eigenvalue weighted by atomic mass is 16.5. The molecular weight excluding hydrogens is 302 g/mol. The minimum atomic E-state index is -0.231. The van der Waals surface area contributed by atoms with E-state index < -0.39 is 0 Å². The molecule has 0 saturated heterocycles. The summed E-state index contributed by atoms with van der Waals surface area (Å²) >= 11 is 0. The largest absolute Gasteiger partial charge is 0.346 e. The Labute approximate surface area is 140 Å². The SMILES string of the molecule is Cc1ccc(-c2noc(CNC(=O)C(C)c3ccccc3)n2)cc1. The van der Waals surface area contributed by atoms with Crippen LogP contribution in [-0.4, -0.2) is 16.0 Å². The van der Waals surface area contributed by atoms with E-state index in [4.69, 9.17) is 4.52 Å². The Morgan fingerprint density at radius 3 is 2.54 bits per heavy atom. The second-order valence-electron chi connectivity index (χ2n) is 5.73. The van der Waals surface area contributed by atoms with Gasteiger partial charge in [-0.05, 0) is 19.4 Å². The molecule has 0 fully saturated rings. The van der Waals surface area contributed by atoms with Gasteiger partial charge in [-0.2, -0.15) is 4.98 Å². The van der Waals surface area contributed by atoms with E-state index in [2.05, 4.69) is 15.5 Å². The van der Waals surface area contributed by atoms with E-state index in [1.54, 1.807) is 0 Å². The maximum absolute atomic E-state index is 12.2. The minimum absolute atomic E-state index is 0.0729. The monoisotopic (exact) mass is 321 g/mol. The molecule has 2 aromatic carbocycles. The fraction of sp³-hybridized carbons (Fsp3) is 0.211. The van der Waals surface area contributed by atoms with E-state index in [0.717, 1.165) is 11.1 Å². The van der Waals surface area contributed by atoms with Crippen molar-refractivity contribution in [3.63, 3.8) is 0 Å². The van der Waals surface area contributed by atoms with Crippen LogP contribution in [0.5, 0.6) is 0 Å². The molecule has 1 atom stereocenters. The summed E-state index contributed by atoms with van der Waals surface area (Å²) in [5, 5.41) is 6.80. The molecule has 0 bridgehead atoms. The summed E-state index contributed by atoms with van der Waals surface area (Å²) in [6, 6.07) is 17.5. The number of aryl methyl sites for hydroxylation is 1. The van der Waals surface area contributed by atoms with E-state index in [0.29, 0.717) is 11.7 Å². The highest BCUT2D eigenvalue weighted by molar-refractivity contribution is 5.83. The molecule has 0 saturated carbocycles. The molecule has 0 aliphatic heterocycles. The summed E-state index contributed by atoms with van der Waals surface area (Å²) in [6.45, 7) is 4.11. The number of amides is 1. The van der Waals surface area contributed by atoms with Crippen molar-refractivity contribution in [3.8, 4) is 11.4 Å². The maximum atomic E-state index is 12.2. The molecule has 5 nitrogen and oxygen atoms in total. The van der Waals surface area contributed by atoms with Crippen LogP contribution in [0, 0.1) is 6.92 Å². The number of rotatable bonds is 5. The van der Waals surface area contributed by atoms with Gasteiger partial charge in [-0.15, -0.1) is 0 Å². The number of hydrogen-bond acceptors (Lipinski definition) is 4. The molecule has 1 heterocycles. The first kappa shape index (κ1) is 15.9. The summed E-state index contributed by atoms with van der Waals surface area (Å²) in [5.74, 6) is 0.608. The summed E-state index contributed by atoms with van der Waals surface area (Å²) < 4.78 is 5.21. The molecule has 0 radical (unpaired) electrons. The second-order valence-corrected chi connectivity index (χ2v) is 5.73. The number of nitrogens with zero attached hydrogens (tertiary/aromatic N) is 2. The van der Waals surface area contributed by atoms with Crippen LogP contribution in [0.3, 0.4) is 0 Å². The van der Waals surface area contributed by atoms with Gasteiger partial charge in [0.05, 0.1) is 12.5 Å². The molecular formula is C19H19N3O2.